The predicted molar refractivity (Wildman–Crippen MR) is 101 cm³/mol. The zero-order valence-electron chi connectivity index (χ0n) is 16.6. The maximum Gasteiger partial charge on any atom is 0.0402 e. The summed E-state index contributed by atoms with van der Waals surface area (Å²) in [6, 6.07) is 11.4. The Bertz CT molecular complexity index is 363. The third kappa shape index (κ3) is 11.7. The Morgan fingerprint density at radius 1 is 1.12 bits per heavy atom. The van der Waals surface area contributed by atoms with E-state index in [-0.39, 0.29) is 38.2 Å². The summed E-state index contributed by atoms with van der Waals surface area (Å²) in [7, 11) is 0. The number of rotatable bonds is 5. The first-order valence-corrected chi connectivity index (χ1v) is 9.44. The topological polar surface area (TPSA) is 32.3 Å². The zero-order chi connectivity index (χ0) is 17.6. The average molecular weight is 409 g/mol. The summed E-state index contributed by atoms with van der Waals surface area (Å²) in [6.45, 7) is 10.8. The summed E-state index contributed by atoms with van der Waals surface area (Å²) >= 11 is 0. The van der Waals surface area contributed by atoms with Gasteiger partial charge in [-0.2, -0.15) is 41.4 Å². The van der Waals surface area contributed by atoms with Crippen molar-refractivity contribution in [1.82, 2.24) is 5.48 Å². The van der Waals surface area contributed by atoms with Crippen LogP contribution < -0.4 is 5.48 Å². The molecule has 1 aromatic carbocycles. The molecule has 3 heteroatoms. The van der Waals surface area contributed by atoms with Crippen LogP contribution in [0.25, 0.3) is 0 Å². The van der Waals surface area contributed by atoms with Gasteiger partial charge in [0.05, 0.1) is 0 Å². The molecule has 1 unspecified atom stereocenters. The first-order valence-electron chi connectivity index (χ1n) is 9.44. The average Bonchev–Trinajstić information content (AvgIpc) is 3.02. The molecule has 1 aromatic rings. The number of hydrogen-bond acceptors (Lipinski definition) is 2. The first-order chi connectivity index (χ1) is 11.1. The number of hydrogen-bond donors (Lipinski definition) is 2. The van der Waals surface area contributed by atoms with Crippen LogP contribution in [0.5, 0.6) is 0 Å². The Hall–Kier alpha value is 0.244. The Morgan fingerprint density at radius 3 is 1.96 bits per heavy atom. The van der Waals surface area contributed by atoms with Crippen LogP contribution >= 0.6 is 0 Å². The van der Waals surface area contributed by atoms with Crippen LogP contribution in [0.4, 0.5) is 0 Å². The molecule has 2 rings (SSSR count). The van der Waals surface area contributed by atoms with Gasteiger partial charge in [0, 0.05) is 38.2 Å². The standard InChI is InChI=1S/C12H17.C6H13NO.C3H8.Y/c1-3-8-11(4-2)12-9-6-5-7-10-12;1-6(7-8)4-2-3-5-6;1-3-2;/h6-7,9-11H,3-4,8H2,1-2H3;7-8H,2-5H2,1H3;3H2,1-2H3;/q-1;;;. The van der Waals surface area contributed by atoms with Gasteiger partial charge in [-0.1, -0.05) is 59.8 Å². The van der Waals surface area contributed by atoms with E-state index in [2.05, 4.69) is 58.3 Å². The monoisotopic (exact) mass is 409 g/mol. The second-order valence-corrected chi connectivity index (χ2v) is 6.81. The van der Waals surface area contributed by atoms with Gasteiger partial charge in [0.2, 0.25) is 0 Å². The molecule has 1 aliphatic carbocycles. The van der Waals surface area contributed by atoms with E-state index in [4.69, 9.17) is 5.21 Å². The third-order valence-electron chi connectivity index (χ3n) is 4.32. The van der Waals surface area contributed by atoms with E-state index in [1.54, 1.807) is 0 Å². The predicted octanol–water partition coefficient (Wildman–Crippen LogP) is 6.49. The van der Waals surface area contributed by atoms with E-state index in [1.807, 2.05) is 12.1 Å². The van der Waals surface area contributed by atoms with Crippen LogP contribution in [-0.4, -0.2) is 10.7 Å². The van der Waals surface area contributed by atoms with Crippen molar-refractivity contribution in [3.05, 3.63) is 35.9 Å². The van der Waals surface area contributed by atoms with E-state index < -0.39 is 0 Å². The Balaban J connectivity index is 0. The molecule has 137 valence electrons. The van der Waals surface area contributed by atoms with Gasteiger partial charge in [-0.3, -0.25) is 0 Å². The fraction of sp³-hybridized carbons (Fsp3) is 0.714. The van der Waals surface area contributed by atoms with Gasteiger partial charge in [0.1, 0.15) is 0 Å². The van der Waals surface area contributed by atoms with Crippen molar-refractivity contribution >= 4 is 0 Å². The molecule has 0 spiro atoms. The van der Waals surface area contributed by atoms with Crippen molar-refractivity contribution in [3.63, 3.8) is 0 Å². The van der Waals surface area contributed by atoms with Crippen LogP contribution in [0.2, 0.25) is 0 Å². The number of hydroxylamine groups is 1. The van der Waals surface area contributed by atoms with Crippen LogP contribution in [0.15, 0.2) is 24.3 Å². The second-order valence-electron chi connectivity index (χ2n) is 6.81. The minimum atomic E-state index is 0. The summed E-state index contributed by atoms with van der Waals surface area (Å²) in [4.78, 5) is 0. The maximum absolute atomic E-state index is 8.58. The summed E-state index contributed by atoms with van der Waals surface area (Å²) in [5.74, 6) is 0.754. The molecule has 1 atom stereocenters. The quantitative estimate of drug-likeness (QED) is 0.430. The van der Waals surface area contributed by atoms with Crippen molar-refractivity contribution < 1.29 is 37.9 Å². The molecule has 2 N–H and O–H groups in total. The number of benzene rings is 1. The van der Waals surface area contributed by atoms with Crippen molar-refractivity contribution in [2.45, 2.75) is 97.4 Å². The van der Waals surface area contributed by atoms with Crippen LogP contribution in [-0.2, 0) is 32.7 Å². The van der Waals surface area contributed by atoms with Gasteiger partial charge >= 0.3 is 0 Å². The maximum atomic E-state index is 8.58. The van der Waals surface area contributed by atoms with E-state index in [0.29, 0.717) is 0 Å². The van der Waals surface area contributed by atoms with E-state index in [0.717, 1.165) is 18.8 Å². The van der Waals surface area contributed by atoms with E-state index >= 15 is 0 Å². The molecule has 2 nitrogen and oxygen atoms in total. The summed E-state index contributed by atoms with van der Waals surface area (Å²) < 4.78 is 0. The molecule has 0 bridgehead atoms. The Labute approximate surface area is 176 Å². The molecule has 1 radical (unpaired) electrons. The smallest absolute Gasteiger partial charge is 0.0402 e. The van der Waals surface area contributed by atoms with Gasteiger partial charge in [-0.25, -0.2) is 0 Å². The minimum absolute atomic E-state index is 0. The first kappa shape index (κ1) is 26.5. The Morgan fingerprint density at radius 2 is 1.62 bits per heavy atom. The van der Waals surface area contributed by atoms with Gasteiger partial charge in [0.15, 0.2) is 0 Å². The molecular formula is C21H38NOY-. The summed E-state index contributed by atoms with van der Waals surface area (Å²) in [5, 5.41) is 8.58. The summed E-state index contributed by atoms with van der Waals surface area (Å²) in [5.41, 5.74) is 3.85. The molecule has 24 heavy (non-hydrogen) atoms. The van der Waals surface area contributed by atoms with Gasteiger partial charge < -0.3 is 5.21 Å². The van der Waals surface area contributed by atoms with Crippen LogP contribution in [0, 0.1) is 6.07 Å². The van der Waals surface area contributed by atoms with E-state index in [9.17, 15) is 0 Å². The van der Waals surface area contributed by atoms with Crippen molar-refractivity contribution in [1.29, 1.82) is 0 Å². The fourth-order valence-corrected chi connectivity index (χ4v) is 2.89. The minimum Gasteiger partial charge on any atom is -0.316 e. The van der Waals surface area contributed by atoms with Crippen molar-refractivity contribution in [3.8, 4) is 0 Å². The molecular weight excluding hydrogens is 371 g/mol. The van der Waals surface area contributed by atoms with E-state index in [1.165, 1.54) is 44.1 Å². The molecule has 0 heterocycles. The van der Waals surface area contributed by atoms with Crippen LogP contribution in [0.1, 0.15) is 97.5 Å². The molecule has 1 saturated carbocycles. The normalized spacial score (nSPS) is 15.9. The van der Waals surface area contributed by atoms with Crippen LogP contribution in [0.3, 0.4) is 0 Å². The summed E-state index contributed by atoms with van der Waals surface area (Å²) in [6.07, 6.45) is 9.82. The molecule has 0 aromatic heterocycles. The third-order valence-corrected chi connectivity index (χ3v) is 4.32. The Kier molecular flexibility index (Phi) is 18.4. The molecule has 1 aliphatic rings. The van der Waals surface area contributed by atoms with Crippen molar-refractivity contribution in [2.24, 2.45) is 0 Å². The second kappa shape index (κ2) is 16.7. The molecule has 1 fully saturated rings. The molecule has 0 saturated heterocycles. The van der Waals surface area contributed by atoms with Crippen molar-refractivity contribution in [2.75, 3.05) is 0 Å². The van der Waals surface area contributed by atoms with Gasteiger partial charge in [-0.15, -0.1) is 0 Å². The van der Waals surface area contributed by atoms with Gasteiger partial charge in [0.25, 0.3) is 0 Å². The number of nitrogens with one attached hydrogen (secondary N) is 1. The zero-order valence-corrected chi connectivity index (χ0v) is 19.4. The SMILES string of the molecule is CC1(NO)CCCC1.CCC.CCCC(CC)c1cc[c-]cc1.[Y]. The molecule has 0 amide bonds. The molecule has 0 aliphatic heterocycles. The fourth-order valence-electron chi connectivity index (χ4n) is 2.89. The van der Waals surface area contributed by atoms with Gasteiger partial charge in [-0.05, 0) is 32.1 Å². The largest absolute Gasteiger partial charge is 0.316 e.